The van der Waals surface area contributed by atoms with Gasteiger partial charge in [-0.15, -0.1) is 0 Å². The summed E-state index contributed by atoms with van der Waals surface area (Å²) in [5.74, 6) is 0. The third-order valence-corrected chi connectivity index (χ3v) is 17.2. The number of fused-ring (bicyclic) bond motifs is 6. The Morgan fingerprint density at radius 2 is 0.714 bits per heavy atom. The second-order valence-electron chi connectivity index (χ2n) is 24.2. The molecule has 5 rings (SSSR count). The van der Waals surface area contributed by atoms with Crippen molar-refractivity contribution in [3.8, 4) is 22.3 Å². The summed E-state index contributed by atoms with van der Waals surface area (Å²) in [5.41, 5.74) is 10.2. The lowest BCUT2D eigenvalue weighted by Gasteiger charge is -2.37. The quantitative estimate of drug-likeness (QED) is 0.0420. The molecule has 3 radical (unpaired) electrons. The number of unbranched alkanes of at least 4 members (excludes halogenated alkanes) is 20. The molecular weight excluding hydrogens is 854 g/mol. The molecule has 0 heterocycles. The van der Waals surface area contributed by atoms with Crippen LogP contribution < -0.4 is 10.9 Å². The van der Waals surface area contributed by atoms with Gasteiger partial charge in [-0.3, -0.25) is 0 Å². The second kappa shape index (κ2) is 27.8. The highest BCUT2D eigenvalue weighted by molar-refractivity contribution is 6.47. The van der Waals surface area contributed by atoms with Crippen LogP contribution in [0.1, 0.15) is 285 Å². The van der Waals surface area contributed by atoms with E-state index in [9.17, 15) is 5.11 Å². The fourth-order valence-electron chi connectivity index (χ4n) is 11.1. The fourth-order valence-corrected chi connectivity index (χ4v) is 11.1. The number of benzene rings is 3. The molecule has 0 bridgehead atoms. The van der Waals surface area contributed by atoms with Crippen molar-refractivity contribution in [1.29, 1.82) is 0 Å². The molecule has 0 fully saturated rings. The summed E-state index contributed by atoms with van der Waals surface area (Å²) in [6.07, 6.45) is 36.2. The van der Waals surface area contributed by atoms with Gasteiger partial charge >= 0.3 is 7.48 Å². The number of rotatable bonds is 33. The Hall–Kier alpha value is -2.37. The topological polar surface area (TPSA) is 69.9 Å². The van der Waals surface area contributed by atoms with Crippen LogP contribution in [-0.2, 0) is 15.5 Å². The van der Waals surface area contributed by atoms with Gasteiger partial charge in [-0.25, -0.2) is 0 Å². The molecule has 0 aromatic heterocycles. The van der Waals surface area contributed by atoms with Crippen molar-refractivity contribution < 1.29 is 20.0 Å². The lowest BCUT2D eigenvalue weighted by molar-refractivity contribution is -0.107. The molecule has 3 aromatic rings. The minimum absolute atomic E-state index is 0.0151. The normalized spacial score (nSPS) is 14.7. The van der Waals surface area contributed by atoms with Crippen molar-refractivity contribution in [2.75, 3.05) is 0 Å². The molecule has 0 saturated carbocycles. The van der Waals surface area contributed by atoms with E-state index >= 15 is 0 Å². The van der Waals surface area contributed by atoms with E-state index in [0.29, 0.717) is 0 Å². The Morgan fingerprint density at radius 3 is 1.06 bits per heavy atom. The van der Waals surface area contributed by atoms with E-state index in [1.807, 2.05) is 35.2 Å². The molecule has 3 N–H and O–H groups in total. The molecule has 70 heavy (non-hydrogen) atoms. The molecule has 0 amide bonds. The number of hydrogen-bond acceptors (Lipinski definition) is 4. The highest BCUT2D eigenvalue weighted by atomic mass is 16.5. The van der Waals surface area contributed by atoms with Gasteiger partial charge in [0.2, 0.25) is 0 Å². The van der Waals surface area contributed by atoms with E-state index in [-0.39, 0.29) is 10.8 Å². The molecule has 2 aliphatic carbocycles. The first-order chi connectivity index (χ1) is 33.1. The van der Waals surface area contributed by atoms with E-state index in [1.165, 1.54) is 213 Å². The summed E-state index contributed by atoms with van der Waals surface area (Å²) in [6.45, 7) is 23.3. The predicted octanol–water partition coefficient (Wildman–Crippen LogP) is 16.4. The predicted molar refractivity (Wildman–Crippen MR) is 306 cm³/mol. The molecule has 0 spiro atoms. The van der Waals surface area contributed by atoms with Crippen molar-refractivity contribution in [3.63, 3.8) is 0 Å². The third kappa shape index (κ3) is 15.8. The van der Waals surface area contributed by atoms with E-state index < -0.39 is 22.4 Å². The SMILES string of the molecule is CC(C)(O)C(C)(C)O.[B]c1ccc2c(c1)C(CCCCCCCC)(CCCCCCCC)c1cc3c(cc1-2)C(CCCCCCCC)(CCCCCCCC)c1cc([B]OC(C)(C)C(C)(C)O)ccc1-3. The molecule has 0 aliphatic heterocycles. The van der Waals surface area contributed by atoms with Crippen molar-refractivity contribution in [1.82, 2.24) is 0 Å². The van der Waals surface area contributed by atoms with Gasteiger partial charge in [0.1, 0.15) is 7.85 Å². The first-order valence-electron chi connectivity index (χ1n) is 29.1. The third-order valence-electron chi connectivity index (χ3n) is 17.2. The summed E-state index contributed by atoms with van der Waals surface area (Å²) in [4.78, 5) is 0. The van der Waals surface area contributed by atoms with E-state index in [0.717, 1.165) is 10.9 Å². The molecule has 4 nitrogen and oxygen atoms in total. The minimum atomic E-state index is -1.01. The first kappa shape index (κ1) is 60.2. The van der Waals surface area contributed by atoms with Gasteiger partial charge in [0, 0.05) is 10.8 Å². The molecule has 0 saturated heterocycles. The number of aliphatic hydroxyl groups is 3. The van der Waals surface area contributed by atoms with E-state index in [2.05, 4.69) is 76.2 Å². The maximum atomic E-state index is 11.0. The summed E-state index contributed by atoms with van der Waals surface area (Å²) in [5, 5.41) is 29.2. The lowest BCUT2D eigenvalue weighted by atomic mass is 9.68. The summed E-state index contributed by atoms with van der Waals surface area (Å²) in [6, 6.07) is 19.6. The van der Waals surface area contributed by atoms with Gasteiger partial charge < -0.3 is 20.0 Å². The Kier molecular flexibility index (Phi) is 23.9. The van der Waals surface area contributed by atoms with Gasteiger partial charge in [-0.1, -0.05) is 229 Å². The summed E-state index contributed by atoms with van der Waals surface area (Å²) in [7, 11) is 8.69. The molecule has 389 valence electrons. The maximum absolute atomic E-state index is 11.0. The minimum Gasteiger partial charge on any atom is -0.427 e. The van der Waals surface area contributed by atoms with Crippen LogP contribution in [0.3, 0.4) is 0 Å². The monoisotopic (exact) mass is 958 g/mol. The molecular formula is C64H103B2O4. The Labute approximate surface area is 433 Å². The van der Waals surface area contributed by atoms with Crippen LogP contribution in [0.4, 0.5) is 0 Å². The van der Waals surface area contributed by atoms with Crippen molar-refractivity contribution in [2.45, 2.75) is 296 Å². The van der Waals surface area contributed by atoms with Crippen LogP contribution >= 0.6 is 0 Å². The first-order valence-corrected chi connectivity index (χ1v) is 29.1. The van der Waals surface area contributed by atoms with Crippen LogP contribution in [0.5, 0.6) is 0 Å². The summed E-state index contributed by atoms with van der Waals surface area (Å²) < 4.78 is 6.45. The zero-order chi connectivity index (χ0) is 51.6. The zero-order valence-electron chi connectivity index (χ0n) is 47.3. The molecule has 0 atom stereocenters. The standard InChI is InChI=1S/C58H89B2O2.C6H14O2/c1-9-13-17-21-25-29-37-57(38-30-26-22-18-14-10-2)51-41-45(59)33-35-47(51)49-43-54-50(44-53(49)57)48-36-34-46(60-62-56(7,8)55(5,6)61)42-52(48)58(54,39-31-27-23-19-15-11-3)40-32-28-24-20-16-12-4;1-5(2,7)6(3,4)8/h33-36,41-44,61H,9-32,37-40H2,1-8H3;7-8H,1-4H3. The van der Waals surface area contributed by atoms with Crippen LogP contribution in [0.15, 0.2) is 48.5 Å². The van der Waals surface area contributed by atoms with Crippen LogP contribution in [0.25, 0.3) is 22.3 Å². The van der Waals surface area contributed by atoms with Gasteiger partial charge in [-0.2, -0.15) is 0 Å². The Morgan fingerprint density at radius 1 is 0.400 bits per heavy atom. The lowest BCUT2D eigenvalue weighted by Crippen LogP contribution is -2.49. The molecule has 6 heteroatoms. The van der Waals surface area contributed by atoms with Gasteiger partial charge in [0.05, 0.1) is 22.4 Å². The molecule has 2 aliphatic rings. The van der Waals surface area contributed by atoms with Crippen molar-refractivity contribution >= 4 is 26.3 Å². The maximum Gasteiger partial charge on any atom is 0.330 e. The summed E-state index contributed by atoms with van der Waals surface area (Å²) >= 11 is 0. The molecule has 0 unspecified atom stereocenters. The Balaban J connectivity index is 0.00000122. The molecule has 3 aromatic carbocycles. The highest BCUT2D eigenvalue weighted by Gasteiger charge is 2.48. The van der Waals surface area contributed by atoms with Gasteiger partial charge in [0.25, 0.3) is 0 Å². The largest absolute Gasteiger partial charge is 0.427 e. The van der Waals surface area contributed by atoms with Crippen LogP contribution in [-0.4, -0.2) is 53.1 Å². The van der Waals surface area contributed by atoms with E-state index in [1.54, 1.807) is 38.8 Å². The average molecular weight is 958 g/mol. The van der Waals surface area contributed by atoms with Gasteiger partial charge in [-0.05, 0) is 138 Å². The highest BCUT2D eigenvalue weighted by Crippen LogP contribution is 2.60. The zero-order valence-corrected chi connectivity index (χ0v) is 47.3. The number of hydrogen-bond donors (Lipinski definition) is 3. The van der Waals surface area contributed by atoms with E-state index in [4.69, 9.17) is 22.7 Å². The van der Waals surface area contributed by atoms with Crippen molar-refractivity contribution in [3.05, 3.63) is 70.8 Å². The average Bonchev–Trinajstić information content (AvgIpc) is 3.71. The smallest absolute Gasteiger partial charge is 0.330 e. The van der Waals surface area contributed by atoms with Crippen molar-refractivity contribution in [2.24, 2.45) is 0 Å². The van der Waals surface area contributed by atoms with Gasteiger partial charge in [0.15, 0.2) is 0 Å². The van der Waals surface area contributed by atoms with Crippen LogP contribution in [0, 0.1) is 0 Å². The Bertz CT molecular complexity index is 1950. The fraction of sp³-hybridized carbons (Fsp3) is 0.719. The second-order valence-corrected chi connectivity index (χ2v) is 24.2. The van der Waals surface area contributed by atoms with Crippen LogP contribution in [0.2, 0.25) is 0 Å².